The fourth-order valence-electron chi connectivity index (χ4n) is 2.08. The van der Waals surface area contributed by atoms with Crippen LogP contribution in [-0.4, -0.2) is 81.2 Å². The van der Waals surface area contributed by atoms with Crippen molar-refractivity contribution in [1.29, 1.82) is 0 Å². The molecule has 0 aromatic heterocycles. The largest absolute Gasteiger partial charge is 0.330 e. The second-order valence-corrected chi connectivity index (χ2v) is 5.25. The van der Waals surface area contributed by atoms with Gasteiger partial charge in [-0.1, -0.05) is 6.92 Å². The van der Waals surface area contributed by atoms with E-state index in [0.29, 0.717) is 5.92 Å². The smallest absolute Gasteiger partial charge is 0.0110 e. The fraction of sp³-hybridized carbons (Fsp3) is 1.00. The van der Waals surface area contributed by atoms with Crippen LogP contribution >= 0.6 is 0 Å². The minimum atomic E-state index is 0.609. The van der Waals surface area contributed by atoms with E-state index in [4.69, 9.17) is 5.73 Å². The molecule has 1 aliphatic rings. The van der Waals surface area contributed by atoms with Crippen molar-refractivity contribution in [2.75, 3.05) is 66.5 Å². The lowest BCUT2D eigenvalue weighted by Gasteiger charge is -2.33. The molecule has 0 aromatic rings. The maximum absolute atomic E-state index is 5.63. The quantitative estimate of drug-likeness (QED) is 0.681. The monoisotopic (exact) mass is 228 g/mol. The van der Waals surface area contributed by atoms with E-state index < -0.39 is 0 Å². The lowest BCUT2D eigenvalue weighted by Crippen LogP contribution is -2.47. The van der Waals surface area contributed by atoms with Crippen molar-refractivity contribution < 1.29 is 0 Å². The molecule has 96 valence electrons. The Hall–Kier alpha value is -0.160. The van der Waals surface area contributed by atoms with Gasteiger partial charge in [0.1, 0.15) is 0 Å². The van der Waals surface area contributed by atoms with Crippen molar-refractivity contribution in [3.63, 3.8) is 0 Å². The molecule has 0 saturated carbocycles. The van der Waals surface area contributed by atoms with E-state index in [1.54, 1.807) is 0 Å². The van der Waals surface area contributed by atoms with Crippen LogP contribution in [0.25, 0.3) is 0 Å². The Balaban J connectivity index is 2.09. The molecule has 0 radical (unpaired) electrons. The number of nitrogens with two attached hydrogens (primary N) is 1. The molecule has 16 heavy (non-hydrogen) atoms. The molecule has 0 spiro atoms. The van der Waals surface area contributed by atoms with Gasteiger partial charge in [-0.3, -0.25) is 4.90 Å². The number of hydrogen-bond acceptors (Lipinski definition) is 4. The number of hydrogen-bond donors (Lipinski definition) is 1. The molecule has 0 aliphatic carbocycles. The molecule has 1 rings (SSSR count). The highest BCUT2D eigenvalue weighted by molar-refractivity contribution is 4.70. The zero-order valence-electron chi connectivity index (χ0n) is 11.2. The van der Waals surface area contributed by atoms with Crippen LogP contribution in [0.1, 0.15) is 6.92 Å². The lowest BCUT2D eigenvalue weighted by atomic mass is 10.2. The zero-order chi connectivity index (χ0) is 12.0. The SMILES string of the molecule is CC(CN)CN(C)CCN1CCN(C)CC1. The standard InChI is InChI=1S/C12H28N4/c1-12(10-13)11-15(3)6-9-16-7-4-14(2)5-8-16/h12H,4-11,13H2,1-3H3. The summed E-state index contributed by atoms with van der Waals surface area (Å²) < 4.78 is 0. The average molecular weight is 228 g/mol. The van der Waals surface area contributed by atoms with Crippen molar-refractivity contribution in [1.82, 2.24) is 14.7 Å². The summed E-state index contributed by atoms with van der Waals surface area (Å²) >= 11 is 0. The van der Waals surface area contributed by atoms with E-state index in [-0.39, 0.29) is 0 Å². The number of nitrogens with zero attached hydrogens (tertiary/aromatic N) is 3. The van der Waals surface area contributed by atoms with Crippen LogP contribution < -0.4 is 5.73 Å². The predicted molar refractivity (Wildman–Crippen MR) is 69.7 cm³/mol. The molecular formula is C12H28N4. The Morgan fingerprint density at radius 2 is 1.88 bits per heavy atom. The number of likely N-dealkylation sites (N-methyl/N-ethyl adjacent to an activating group) is 2. The van der Waals surface area contributed by atoms with Crippen molar-refractivity contribution in [3.05, 3.63) is 0 Å². The molecule has 1 saturated heterocycles. The Bertz CT molecular complexity index is 178. The summed E-state index contributed by atoms with van der Waals surface area (Å²) in [5.41, 5.74) is 5.63. The number of piperazine rings is 1. The van der Waals surface area contributed by atoms with Crippen molar-refractivity contribution >= 4 is 0 Å². The second kappa shape index (κ2) is 7.22. The highest BCUT2D eigenvalue weighted by Gasteiger charge is 2.14. The van der Waals surface area contributed by atoms with Gasteiger partial charge in [-0.05, 0) is 26.6 Å². The average Bonchev–Trinajstić information content (AvgIpc) is 2.28. The van der Waals surface area contributed by atoms with Crippen molar-refractivity contribution in [3.8, 4) is 0 Å². The molecule has 4 heteroatoms. The molecule has 0 amide bonds. The molecule has 1 unspecified atom stereocenters. The second-order valence-electron chi connectivity index (χ2n) is 5.25. The third-order valence-corrected chi connectivity index (χ3v) is 3.42. The van der Waals surface area contributed by atoms with Gasteiger partial charge in [0.05, 0.1) is 0 Å². The van der Waals surface area contributed by atoms with Crippen molar-refractivity contribution in [2.45, 2.75) is 6.92 Å². The summed E-state index contributed by atoms with van der Waals surface area (Å²) in [6, 6.07) is 0. The Morgan fingerprint density at radius 3 is 2.44 bits per heavy atom. The van der Waals surface area contributed by atoms with Gasteiger partial charge >= 0.3 is 0 Å². The summed E-state index contributed by atoms with van der Waals surface area (Å²) in [5, 5.41) is 0. The molecule has 1 aliphatic heterocycles. The van der Waals surface area contributed by atoms with Crippen LogP contribution in [0.3, 0.4) is 0 Å². The van der Waals surface area contributed by atoms with Crippen LogP contribution in [0.5, 0.6) is 0 Å². The molecule has 2 N–H and O–H groups in total. The van der Waals surface area contributed by atoms with E-state index in [0.717, 1.165) is 19.6 Å². The topological polar surface area (TPSA) is 35.7 Å². The summed E-state index contributed by atoms with van der Waals surface area (Å²) in [6.07, 6.45) is 0. The minimum Gasteiger partial charge on any atom is -0.330 e. The van der Waals surface area contributed by atoms with Gasteiger partial charge in [-0.15, -0.1) is 0 Å². The van der Waals surface area contributed by atoms with Gasteiger partial charge in [0, 0.05) is 45.8 Å². The summed E-state index contributed by atoms with van der Waals surface area (Å²) in [6.45, 7) is 11.3. The molecule has 0 bridgehead atoms. The molecule has 1 atom stereocenters. The van der Waals surface area contributed by atoms with Crippen LogP contribution in [0.2, 0.25) is 0 Å². The predicted octanol–water partition coefficient (Wildman–Crippen LogP) is -0.240. The van der Waals surface area contributed by atoms with Gasteiger partial charge in [-0.25, -0.2) is 0 Å². The van der Waals surface area contributed by atoms with Crippen LogP contribution in [-0.2, 0) is 0 Å². The Labute approximate surface area is 100 Å². The highest BCUT2D eigenvalue weighted by Crippen LogP contribution is 2.00. The summed E-state index contributed by atoms with van der Waals surface area (Å²) in [7, 11) is 4.40. The molecule has 4 nitrogen and oxygen atoms in total. The van der Waals surface area contributed by atoms with Crippen LogP contribution in [0.15, 0.2) is 0 Å². The molecular weight excluding hydrogens is 200 g/mol. The van der Waals surface area contributed by atoms with Gasteiger partial charge in [0.25, 0.3) is 0 Å². The Morgan fingerprint density at radius 1 is 1.25 bits per heavy atom. The number of rotatable bonds is 6. The lowest BCUT2D eigenvalue weighted by molar-refractivity contribution is 0.138. The fourth-order valence-corrected chi connectivity index (χ4v) is 2.08. The minimum absolute atomic E-state index is 0.609. The highest BCUT2D eigenvalue weighted by atomic mass is 15.3. The molecule has 1 heterocycles. The first-order chi connectivity index (χ1) is 7.61. The van der Waals surface area contributed by atoms with Crippen LogP contribution in [0.4, 0.5) is 0 Å². The normalized spacial score (nSPS) is 21.6. The van der Waals surface area contributed by atoms with E-state index in [1.807, 2.05) is 0 Å². The first-order valence-corrected chi connectivity index (χ1v) is 6.41. The maximum atomic E-state index is 5.63. The zero-order valence-corrected chi connectivity index (χ0v) is 11.2. The van der Waals surface area contributed by atoms with E-state index in [9.17, 15) is 0 Å². The summed E-state index contributed by atoms with van der Waals surface area (Å²) in [4.78, 5) is 7.36. The first-order valence-electron chi connectivity index (χ1n) is 6.41. The molecule has 1 fully saturated rings. The van der Waals surface area contributed by atoms with Gasteiger partial charge in [-0.2, -0.15) is 0 Å². The van der Waals surface area contributed by atoms with Crippen molar-refractivity contribution in [2.24, 2.45) is 11.7 Å². The summed E-state index contributed by atoms with van der Waals surface area (Å²) in [5.74, 6) is 0.609. The Kier molecular flexibility index (Phi) is 6.28. The van der Waals surface area contributed by atoms with Gasteiger partial charge in [0.15, 0.2) is 0 Å². The van der Waals surface area contributed by atoms with E-state index in [1.165, 1.54) is 32.7 Å². The molecule has 0 aromatic carbocycles. The van der Waals surface area contributed by atoms with E-state index >= 15 is 0 Å². The van der Waals surface area contributed by atoms with Gasteiger partial charge in [0.2, 0.25) is 0 Å². The first kappa shape index (κ1) is 13.9. The third-order valence-electron chi connectivity index (χ3n) is 3.42. The van der Waals surface area contributed by atoms with E-state index in [2.05, 4.69) is 35.7 Å². The van der Waals surface area contributed by atoms with Crippen LogP contribution in [0, 0.1) is 5.92 Å². The van der Waals surface area contributed by atoms with Gasteiger partial charge < -0.3 is 15.5 Å². The third kappa shape index (κ3) is 5.25. The maximum Gasteiger partial charge on any atom is 0.0110 e.